The molecular weight excluding hydrogens is 1390 g/mol. The molecule has 530 valence electrons. The third kappa shape index (κ3) is 45.4. The fraction of sp³-hybridized carbons (Fsp3) is 1.00. The van der Waals surface area contributed by atoms with Crippen LogP contribution >= 0.6 is 0 Å². The fourth-order valence-electron chi connectivity index (χ4n) is 12.6. The molecule has 0 aromatic rings. The van der Waals surface area contributed by atoms with Crippen molar-refractivity contribution in [3.8, 4) is 0 Å². The summed E-state index contributed by atoms with van der Waals surface area (Å²) in [4.78, 5) is 0. The number of aliphatic hydroxyl groups is 2. The van der Waals surface area contributed by atoms with Gasteiger partial charge in [0.25, 0.3) is 0 Å². The Kier molecular flexibility index (Phi) is 36.8. The Bertz CT molecular complexity index is 1860. The molecule has 0 aromatic heterocycles. The molecule has 0 aliphatic rings. The van der Waals surface area contributed by atoms with Gasteiger partial charge in [0.15, 0.2) is 66.5 Å². The van der Waals surface area contributed by atoms with Crippen molar-refractivity contribution in [1.29, 1.82) is 0 Å². The van der Waals surface area contributed by atoms with E-state index in [1.54, 1.807) is 0 Å². The summed E-state index contributed by atoms with van der Waals surface area (Å²) in [5.41, 5.74) is 0. The van der Waals surface area contributed by atoms with E-state index in [1.165, 1.54) is 0 Å². The average molecular weight is 1530 g/mol. The molecule has 0 unspecified atom stereocenters. The third-order valence-corrected chi connectivity index (χ3v) is 69.0. The molecule has 88 heavy (non-hydrogen) atoms. The lowest BCUT2D eigenvalue weighted by Crippen LogP contribution is -2.56. The van der Waals surface area contributed by atoms with E-state index in [-0.39, 0.29) is 13.2 Å². The Morgan fingerprint density at radius 3 is 0.534 bits per heavy atom. The van der Waals surface area contributed by atoms with Gasteiger partial charge in [-0.15, -0.1) is 0 Å². The molecule has 0 rings (SSSR count). The molecule has 0 spiro atoms. The van der Waals surface area contributed by atoms with Crippen molar-refractivity contribution < 1.29 is 78.5 Å². The van der Waals surface area contributed by atoms with Crippen LogP contribution in [-0.4, -0.2) is 209 Å². The number of ether oxygens (including phenoxy) is 4. The smallest absolute Gasteiger partial charge is 0.312 e. The molecule has 0 aromatic carbocycles. The molecule has 0 radical (unpaired) electrons. The lowest BCUT2D eigenvalue weighted by Gasteiger charge is -2.41. The van der Waals surface area contributed by atoms with E-state index in [4.69, 9.17) is 68.3 Å². The summed E-state index contributed by atoms with van der Waals surface area (Å²) in [7, 11) is -36.4. The van der Waals surface area contributed by atoms with Crippen molar-refractivity contribution in [1.82, 2.24) is 0 Å². The van der Waals surface area contributed by atoms with Gasteiger partial charge in [-0.05, 0) is 286 Å². The summed E-state index contributed by atoms with van der Waals surface area (Å²) in [5, 5.41) is 22.9. The average Bonchev–Trinajstić information content (AvgIpc) is 3.17. The molecule has 0 saturated heterocycles. The Morgan fingerprint density at radius 2 is 0.375 bits per heavy atom. The maximum Gasteiger partial charge on any atom is 0.312 e. The minimum Gasteiger partial charge on any atom is -0.437 e. The van der Waals surface area contributed by atoms with Gasteiger partial charge in [-0.1, -0.05) is 0 Å². The Morgan fingerprint density at radius 1 is 0.216 bits per heavy atom. The minimum absolute atomic E-state index is 0.333. The highest BCUT2D eigenvalue weighted by Gasteiger charge is 2.48. The first kappa shape index (κ1) is 90.8. The highest BCUT2D eigenvalue weighted by molar-refractivity contribution is 6.92. The van der Waals surface area contributed by atoms with Crippen LogP contribution in [0.4, 0.5) is 0 Å². The first-order valence-corrected chi connectivity index (χ1v) is 81.5. The Labute approximate surface area is 559 Å². The van der Waals surface area contributed by atoms with Crippen LogP contribution < -0.4 is 0 Å². The van der Waals surface area contributed by atoms with Gasteiger partial charge in [0.2, 0.25) is 0 Å². The zero-order valence-corrected chi connectivity index (χ0v) is 79.6. The largest absolute Gasteiger partial charge is 0.437 e. The molecule has 34 heteroatoms. The summed E-state index contributed by atoms with van der Waals surface area (Å²) >= 11 is 0. The first-order chi connectivity index (χ1) is 38.8. The van der Waals surface area contributed by atoms with Crippen LogP contribution in [0.25, 0.3) is 0 Å². The normalized spacial score (nSPS) is 16.6. The second-order valence-electron chi connectivity index (χ2n) is 34.2. The van der Waals surface area contributed by atoms with Crippen molar-refractivity contribution in [2.45, 2.75) is 310 Å². The summed E-state index contributed by atoms with van der Waals surface area (Å²) < 4.78 is 109. The SMILES string of the molecule is C[Si](C)(C)O[Si](C)(C)O[Si](C)(C)O[Si](C)(C)CCCO[C@H]([C@H](OCCC[Si](C)(C)O[Si](C)(C)O[Si](C)(C)O[Si](C)(C)C)[C@H](CO)OCCC[Si](C)(C)O[Si](C)(C)O[Si](C)(C)O[Si](C)(C)C)[C@@H](CO)OCCC[Si](C)(C)O[Si](C)(C)O[Si](C)(C)O[Si](C)(C)C. The summed E-state index contributed by atoms with van der Waals surface area (Å²) in [6.07, 6.45) is -0.432. The van der Waals surface area contributed by atoms with Crippen LogP contribution in [0.2, 0.25) is 260 Å². The molecular formula is C54H142O18Si16. The zero-order valence-electron chi connectivity index (χ0n) is 63.6. The number of hydrogen-bond acceptors (Lipinski definition) is 18. The highest BCUT2D eigenvalue weighted by atomic mass is 28.5. The van der Waals surface area contributed by atoms with Gasteiger partial charge in [-0.2, -0.15) is 0 Å². The van der Waals surface area contributed by atoms with Crippen LogP contribution in [0.15, 0.2) is 0 Å². The van der Waals surface area contributed by atoms with Gasteiger partial charge in [0.05, 0.1) is 13.2 Å². The maximum absolute atomic E-state index is 11.5. The fourth-order valence-corrected chi connectivity index (χ4v) is 86.4. The van der Waals surface area contributed by atoms with Crippen LogP contribution in [0, 0.1) is 0 Å². The second kappa shape index (κ2) is 35.7. The molecule has 0 fully saturated rings. The molecule has 0 aliphatic carbocycles. The minimum atomic E-state index is -2.58. The van der Waals surface area contributed by atoms with E-state index < -0.39 is 159 Å². The molecule has 0 saturated carbocycles. The predicted molar refractivity (Wildman–Crippen MR) is 407 cm³/mol. The topological polar surface area (TPSA) is 188 Å². The van der Waals surface area contributed by atoms with Gasteiger partial charge >= 0.3 is 68.5 Å². The Hall–Kier alpha value is 2.75. The Balaban J connectivity index is 7.22. The highest BCUT2D eigenvalue weighted by Crippen LogP contribution is 2.32. The number of rotatable bonds is 49. The van der Waals surface area contributed by atoms with Crippen LogP contribution in [0.1, 0.15) is 25.7 Å². The molecule has 0 amide bonds. The van der Waals surface area contributed by atoms with Gasteiger partial charge in [-0.3, -0.25) is 0 Å². The quantitative estimate of drug-likeness (QED) is 0.0432. The third-order valence-electron chi connectivity index (χ3n) is 12.7. The lowest BCUT2D eigenvalue weighted by atomic mass is 10.0. The van der Waals surface area contributed by atoms with Crippen LogP contribution in [0.5, 0.6) is 0 Å². The standard InChI is InChI=1S/C54H142O18Si16/c1-73(2,3)61-81(21,22)69-85(29,30)65-77(13,14)45-37-41-57-51(49-55)53(59-43-39-47-79(17,18)67-87(33,34)71-83(25,26)63-75(7,8)9)54(60-44-40-48-80(19,20)68-88(35,36)72-84(27,28)64-76(10,11)12)52(50-56)58-42-38-46-78(15,16)66-86(31,32)70-82(23,24)62-74(4,5)6/h51-56H,37-50H2,1-36H3/t51-,52+,53+,54-. The number of aliphatic hydroxyl groups excluding tert-OH is 2. The van der Waals surface area contributed by atoms with Gasteiger partial charge in [0, 0.05) is 26.4 Å². The molecule has 0 aliphatic heterocycles. The van der Waals surface area contributed by atoms with Crippen molar-refractivity contribution in [3.05, 3.63) is 0 Å². The van der Waals surface area contributed by atoms with E-state index in [1.807, 2.05) is 0 Å². The molecule has 0 heterocycles. The van der Waals surface area contributed by atoms with Crippen molar-refractivity contribution in [3.63, 3.8) is 0 Å². The summed E-state index contributed by atoms with van der Waals surface area (Å²) in [6, 6.07) is 3.26. The van der Waals surface area contributed by atoms with E-state index in [9.17, 15) is 10.2 Å². The predicted octanol–water partition coefficient (Wildman–Crippen LogP) is 16.0. The monoisotopic (exact) mass is 1530 g/mol. The molecule has 2 N–H and O–H groups in total. The lowest BCUT2D eigenvalue weighted by molar-refractivity contribution is -0.191. The van der Waals surface area contributed by atoms with Crippen molar-refractivity contribution in [2.75, 3.05) is 39.6 Å². The molecule has 18 nitrogen and oxygen atoms in total. The maximum atomic E-state index is 11.5. The van der Waals surface area contributed by atoms with Crippen molar-refractivity contribution in [2.24, 2.45) is 0 Å². The number of hydrogen-bond donors (Lipinski definition) is 2. The van der Waals surface area contributed by atoms with Crippen LogP contribution in [-0.2, 0) is 68.3 Å². The van der Waals surface area contributed by atoms with Gasteiger partial charge in [-0.25, -0.2) is 0 Å². The van der Waals surface area contributed by atoms with Gasteiger partial charge in [0.1, 0.15) is 24.4 Å². The first-order valence-electron chi connectivity index (χ1n) is 32.9. The molecule has 0 bridgehead atoms. The van der Waals surface area contributed by atoms with Crippen molar-refractivity contribution >= 4 is 135 Å². The van der Waals surface area contributed by atoms with E-state index in [0.29, 0.717) is 52.1 Å². The van der Waals surface area contributed by atoms with Gasteiger partial charge < -0.3 is 78.5 Å². The zero-order chi connectivity index (χ0) is 69.5. The van der Waals surface area contributed by atoms with E-state index in [0.717, 1.165) is 24.2 Å². The van der Waals surface area contributed by atoms with Crippen LogP contribution in [0.3, 0.4) is 0 Å². The second-order valence-corrected chi connectivity index (χ2v) is 99.4. The summed E-state index contributed by atoms with van der Waals surface area (Å²) in [6.45, 7) is 79.2. The van der Waals surface area contributed by atoms with E-state index >= 15 is 0 Å². The van der Waals surface area contributed by atoms with E-state index in [2.05, 4.69) is 236 Å². The summed E-state index contributed by atoms with van der Waals surface area (Å²) in [5.74, 6) is 0. The molecule has 4 atom stereocenters.